The second-order valence-corrected chi connectivity index (χ2v) is 8.63. The van der Waals surface area contributed by atoms with E-state index in [1.807, 2.05) is 30.3 Å². The summed E-state index contributed by atoms with van der Waals surface area (Å²) in [6.07, 6.45) is 3.42. The van der Waals surface area contributed by atoms with Gasteiger partial charge < -0.3 is 18.9 Å². The number of nitrogens with zero attached hydrogens (tertiary/aromatic N) is 2. The zero-order chi connectivity index (χ0) is 25.4. The Bertz CT molecular complexity index is 1500. The Hall–Kier alpha value is -3.85. The van der Waals surface area contributed by atoms with Gasteiger partial charge in [-0.1, -0.05) is 12.1 Å². The Balaban J connectivity index is 0.00000320. The number of aryl methyl sites for hydroxylation is 2. The number of aromatic nitrogens is 1. The van der Waals surface area contributed by atoms with E-state index in [0.29, 0.717) is 29.4 Å². The molecule has 3 aromatic carbocycles. The molecule has 1 aliphatic heterocycles. The van der Waals surface area contributed by atoms with Gasteiger partial charge >= 0.3 is 0 Å². The Morgan fingerprint density at radius 2 is 1.62 bits per heavy atom. The second-order valence-electron chi connectivity index (χ2n) is 8.63. The maximum atomic E-state index is 11.4. The maximum Gasteiger partial charge on any atom is 0.269 e. The predicted molar refractivity (Wildman–Crippen MR) is 146 cm³/mol. The Morgan fingerprint density at radius 3 is 2.30 bits per heavy atom. The summed E-state index contributed by atoms with van der Waals surface area (Å²) >= 11 is 0. The van der Waals surface area contributed by atoms with E-state index < -0.39 is 0 Å². The van der Waals surface area contributed by atoms with Gasteiger partial charge in [-0.15, -0.1) is 17.0 Å². The molecule has 0 saturated carbocycles. The number of nitro benzene ring substituents is 1. The molecule has 2 heterocycles. The van der Waals surface area contributed by atoms with Crippen LogP contribution in [-0.2, 0) is 19.4 Å². The standard InChI is InChI=1S/C28H27N2O6.BrH/c1-33-24-9-8-20-22(13-17-6-5-7-19(12-17)30(31)32)27-21-15-26(35-3)25(34-2)14-18(21)10-11-29(27)16-23(20)28(24)36-4;/h5-9,12,14-16H,10-11,13H2,1-4H3;1H/q+1;. The average Bonchev–Trinajstić information content (AvgIpc) is 2.91. The monoisotopic (exact) mass is 567 g/mol. The van der Waals surface area contributed by atoms with E-state index in [1.165, 1.54) is 6.07 Å². The number of hydrogen-bond donors (Lipinski definition) is 0. The third-order valence-electron chi connectivity index (χ3n) is 6.76. The van der Waals surface area contributed by atoms with Gasteiger partial charge in [0.05, 0.1) is 44.3 Å². The number of benzene rings is 3. The number of pyridine rings is 1. The first kappa shape index (κ1) is 26.2. The van der Waals surface area contributed by atoms with Crippen LogP contribution in [0.4, 0.5) is 5.69 Å². The molecule has 1 aliphatic rings. The van der Waals surface area contributed by atoms with Crippen molar-refractivity contribution in [3.8, 4) is 34.3 Å². The molecule has 1 aromatic heterocycles. The molecule has 5 rings (SSSR count). The lowest BCUT2D eigenvalue weighted by molar-refractivity contribution is -0.686. The van der Waals surface area contributed by atoms with Gasteiger partial charge in [-0.05, 0) is 35.4 Å². The van der Waals surface area contributed by atoms with Crippen LogP contribution >= 0.6 is 17.0 Å². The normalized spacial score (nSPS) is 11.7. The minimum Gasteiger partial charge on any atom is -0.493 e. The van der Waals surface area contributed by atoms with Crippen LogP contribution in [-0.4, -0.2) is 33.4 Å². The highest BCUT2D eigenvalue weighted by molar-refractivity contribution is 8.93. The molecule has 0 atom stereocenters. The van der Waals surface area contributed by atoms with Gasteiger partial charge in [0.15, 0.2) is 35.7 Å². The molecule has 37 heavy (non-hydrogen) atoms. The quantitative estimate of drug-likeness (QED) is 0.167. The van der Waals surface area contributed by atoms with Gasteiger partial charge in [0.25, 0.3) is 5.69 Å². The number of non-ortho nitro benzene ring substituents is 1. The molecule has 0 unspecified atom stereocenters. The first-order valence-electron chi connectivity index (χ1n) is 11.6. The van der Waals surface area contributed by atoms with Crippen LogP contribution in [0.1, 0.15) is 16.7 Å². The van der Waals surface area contributed by atoms with Gasteiger partial charge in [0.2, 0.25) is 5.69 Å². The molecule has 0 radical (unpaired) electrons. The van der Waals surface area contributed by atoms with Crippen molar-refractivity contribution in [3.63, 3.8) is 0 Å². The van der Waals surface area contributed by atoms with Gasteiger partial charge in [0.1, 0.15) is 0 Å². The summed E-state index contributed by atoms with van der Waals surface area (Å²) in [6.45, 7) is 0.760. The van der Waals surface area contributed by atoms with Crippen LogP contribution in [0, 0.1) is 10.1 Å². The van der Waals surface area contributed by atoms with Crippen LogP contribution in [0.5, 0.6) is 23.0 Å². The fourth-order valence-corrected chi connectivity index (χ4v) is 5.11. The molecule has 0 fully saturated rings. The number of hydrogen-bond acceptors (Lipinski definition) is 6. The van der Waals surface area contributed by atoms with Crippen LogP contribution in [0.2, 0.25) is 0 Å². The molecule has 0 amide bonds. The van der Waals surface area contributed by atoms with Crippen molar-refractivity contribution in [1.29, 1.82) is 0 Å². The summed E-state index contributed by atoms with van der Waals surface area (Å²) in [4.78, 5) is 11.1. The highest BCUT2D eigenvalue weighted by Crippen LogP contribution is 2.43. The predicted octanol–water partition coefficient (Wildman–Crippen LogP) is 5.46. The molecule has 0 bridgehead atoms. The van der Waals surface area contributed by atoms with Crippen molar-refractivity contribution in [2.45, 2.75) is 19.4 Å². The Kier molecular flexibility index (Phi) is 7.54. The zero-order valence-electron chi connectivity index (χ0n) is 21.1. The molecule has 192 valence electrons. The fourth-order valence-electron chi connectivity index (χ4n) is 5.11. The van der Waals surface area contributed by atoms with Crippen LogP contribution in [0.15, 0.2) is 54.7 Å². The topological polar surface area (TPSA) is 83.9 Å². The van der Waals surface area contributed by atoms with Gasteiger partial charge in [-0.3, -0.25) is 10.1 Å². The number of fused-ring (bicyclic) bond motifs is 4. The smallest absolute Gasteiger partial charge is 0.269 e. The number of rotatable bonds is 7. The van der Waals surface area contributed by atoms with E-state index >= 15 is 0 Å². The molecule has 0 spiro atoms. The SMILES string of the molecule is Br.COc1cc2c(cc1OC)-c1c(Cc3cccc([N+](=O)[O-])c3)c3ccc(OC)c(OC)c3c[n+]1CC2. The summed E-state index contributed by atoms with van der Waals surface area (Å²) in [5.41, 5.74) is 5.22. The van der Waals surface area contributed by atoms with Crippen molar-refractivity contribution in [2.75, 3.05) is 28.4 Å². The minimum atomic E-state index is -0.364. The van der Waals surface area contributed by atoms with E-state index in [0.717, 1.165) is 51.7 Å². The third kappa shape index (κ3) is 4.55. The summed E-state index contributed by atoms with van der Waals surface area (Å²) in [7, 11) is 6.52. The average molecular weight is 568 g/mol. The summed E-state index contributed by atoms with van der Waals surface area (Å²) in [6, 6.07) is 14.8. The molecule has 0 saturated heterocycles. The second kappa shape index (κ2) is 10.6. The molecule has 0 N–H and O–H groups in total. The van der Waals surface area contributed by atoms with Crippen LogP contribution < -0.4 is 23.5 Å². The number of halogens is 1. The molecular weight excluding hydrogens is 540 g/mol. The highest BCUT2D eigenvalue weighted by Gasteiger charge is 2.31. The minimum absolute atomic E-state index is 0. The van der Waals surface area contributed by atoms with Crippen molar-refractivity contribution >= 4 is 33.4 Å². The van der Waals surface area contributed by atoms with E-state index in [4.69, 9.17) is 18.9 Å². The molecule has 4 aromatic rings. The Morgan fingerprint density at radius 1 is 0.892 bits per heavy atom. The Labute approximate surface area is 225 Å². The molecular formula is C28H28BrN2O6+. The first-order chi connectivity index (χ1) is 17.5. The number of nitro groups is 1. The summed E-state index contributed by atoms with van der Waals surface area (Å²) in [5.74, 6) is 2.65. The van der Waals surface area contributed by atoms with Crippen LogP contribution in [0.25, 0.3) is 22.0 Å². The van der Waals surface area contributed by atoms with Crippen molar-refractivity contribution in [1.82, 2.24) is 0 Å². The van der Waals surface area contributed by atoms with Crippen molar-refractivity contribution in [2.24, 2.45) is 0 Å². The summed E-state index contributed by atoms with van der Waals surface area (Å²) < 4.78 is 24.7. The highest BCUT2D eigenvalue weighted by atomic mass is 79.9. The third-order valence-corrected chi connectivity index (χ3v) is 6.76. The molecule has 0 aliphatic carbocycles. The number of methoxy groups -OCH3 is 4. The van der Waals surface area contributed by atoms with E-state index in [9.17, 15) is 10.1 Å². The van der Waals surface area contributed by atoms with E-state index in [-0.39, 0.29) is 27.6 Å². The van der Waals surface area contributed by atoms with E-state index in [2.05, 4.69) is 10.8 Å². The fraction of sp³-hybridized carbons (Fsp3) is 0.250. The summed E-state index contributed by atoms with van der Waals surface area (Å²) in [5, 5.41) is 13.4. The van der Waals surface area contributed by atoms with Gasteiger partial charge in [-0.2, -0.15) is 4.57 Å². The number of ether oxygens (including phenoxy) is 4. The lowest BCUT2D eigenvalue weighted by Gasteiger charge is -2.22. The zero-order valence-corrected chi connectivity index (χ0v) is 22.8. The van der Waals surface area contributed by atoms with Crippen LogP contribution in [0.3, 0.4) is 0 Å². The largest absolute Gasteiger partial charge is 0.493 e. The molecule has 8 nitrogen and oxygen atoms in total. The lowest BCUT2D eigenvalue weighted by atomic mass is 9.88. The molecule has 9 heteroatoms. The maximum absolute atomic E-state index is 11.4. The lowest BCUT2D eigenvalue weighted by Crippen LogP contribution is -2.41. The van der Waals surface area contributed by atoms with Gasteiger partial charge in [0, 0.05) is 35.9 Å². The first-order valence-corrected chi connectivity index (χ1v) is 11.6. The van der Waals surface area contributed by atoms with Gasteiger partial charge in [-0.25, -0.2) is 0 Å². The van der Waals surface area contributed by atoms with Crippen molar-refractivity contribution < 1.29 is 28.4 Å². The van der Waals surface area contributed by atoms with E-state index in [1.54, 1.807) is 40.6 Å². The van der Waals surface area contributed by atoms with Crippen molar-refractivity contribution in [3.05, 3.63) is 81.5 Å².